The number of aryl methyl sites for hydroxylation is 1. The third-order valence-electron chi connectivity index (χ3n) is 5.24. The number of hydrogen-bond donors (Lipinski definition) is 1. The molecule has 7 heteroatoms. The zero-order valence-corrected chi connectivity index (χ0v) is 15.1. The van der Waals surface area contributed by atoms with Gasteiger partial charge in [0.2, 0.25) is 5.91 Å². The predicted octanol–water partition coefficient (Wildman–Crippen LogP) is 2.52. The van der Waals surface area contributed by atoms with E-state index < -0.39 is 0 Å². The molecule has 7 nitrogen and oxygen atoms in total. The highest BCUT2D eigenvalue weighted by molar-refractivity contribution is 5.95. The number of pyridine rings is 1. The van der Waals surface area contributed by atoms with Crippen LogP contribution in [0.5, 0.6) is 0 Å². The fraction of sp³-hybridized carbons (Fsp3) is 0.526. The van der Waals surface area contributed by atoms with E-state index in [1.807, 2.05) is 41.0 Å². The second-order valence-electron chi connectivity index (χ2n) is 7.02. The molecule has 0 bridgehead atoms. The summed E-state index contributed by atoms with van der Waals surface area (Å²) < 4.78 is 8.05. The summed E-state index contributed by atoms with van der Waals surface area (Å²) in [4.78, 5) is 22.6. The van der Waals surface area contributed by atoms with Crippen LogP contribution >= 0.6 is 0 Å². The highest BCUT2D eigenvalue weighted by Gasteiger charge is 2.30. The Hall–Kier alpha value is -2.41. The highest BCUT2D eigenvalue weighted by Crippen LogP contribution is 2.32. The molecule has 0 aromatic carbocycles. The number of carbonyl (C=O) groups excluding carboxylic acids is 1. The number of nitrogens with zero attached hydrogens (tertiary/aromatic N) is 4. The van der Waals surface area contributed by atoms with Crippen molar-refractivity contribution in [2.24, 2.45) is 13.0 Å². The van der Waals surface area contributed by atoms with Crippen LogP contribution in [0.15, 0.2) is 30.7 Å². The van der Waals surface area contributed by atoms with Crippen LogP contribution in [0.2, 0.25) is 0 Å². The number of amides is 1. The van der Waals surface area contributed by atoms with Crippen molar-refractivity contribution < 1.29 is 9.53 Å². The van der Waals surface area contributed by atoms with Gasteiger partial charge in [0.15, 0.2) is 0 Å². The first-order chi connectivity index (χ1) is 12.7. The average Bonchev–Trinajstić information content (AvgIpc) is 3.29. The second-order valence-corrected chi connectivity index (χ2v) is 7.02. The van der Waals surface area contributed by atoms with E-state index in [4.69, 9.17) is 4.74 Å². The SMILES string of the molecule is Cn1ccnc1[C@@H]1OCCC[C@H]1CNc1ccc(N2CCCC2=O)cn1. The van der Waals surface area contributed by atoms with Crippen LogP contribution < -0.4 is 10.2 Å². The van der Waals surface area contributed by atoms with Crippen molar-refractivity contribution in [3.8, 4) is 0 Å². The number of imidazole rings is 1. The van der Waals surface area contributed by atoms with Gasteiger partial charge in [-0.3, -0.25) is 4.79 Å². The van der Waals surface area contributed by atoms with Crippen molar-refractivity contribution in [3.63, 3.8) is 0 Å². The Kier molecular flexibility index (Phi) is 4.88. The molecule has 2 fully saturated rings. The van der Waals surface area contributed by atoms with Crippen LogP contribution in [0, 0.1) is 5.92 Å². The molecule has 26 heavy (non-hydrogen) atoms. The normalized spacial score (nSPS) is 23.4. The van der Waals surface area contributed by atoms with E-state index in [0.717, 1.165) is 56.3 Å². The lowest BCUT2D eigenvalue weighted by molar-refractivity contribution is -0.117. The first-order valence-electron chi connectivity index (χ1n) is 9.31. The number of carbonyl (C=O) groups is 1. The summed E-state index contributed by atoms with van der Waals surface area (Å²) in [5, 5.41) is 3.42. The lowest BCUT2D eigenvalue weighted by atomic mass is 9.93. The van der Waals surface area contributed by atoms with Crippen molar-refractivity contribution in [1.29, 1.82) is 0 Å². The van der Waals surface area contributed by atoms with E-state index in [2.05, 4.69) is 15.3 Å². The van der Waals surface area contributed by atoms with Gasteiger partial charge < -0.3 is 19.5 Å². The van der Waals surface area contributed by atoms with E-state index >= 15 is 0 Å². The quantitative estimate of drug-likeness (QED) is 0.892. The minimum atomic E-state index is 0.0118. The molecule has 2 aromatic heterocycles. The van der Waals surface area contributed by atoms with Gasteiger partial charge in [0, 0.05) is 51.5 Å². The van der Waals surface area contributed by atoms with Crippen LogP contribution in [0.1, 0.15) is 37.6 Å². The molecule has 1 N–H and O–H groups in total. The van der Waals surface area contributed by atoms with Gasteiger partial charge in [-0.05, 0) is 31.4 Å². The lowest BCUT2D eigenvalue weighted by Crippen LogP contribution is -2.30. The highest BCUT2D eigenvalue weighted by atomic mass is 16.5. The smallest absolute Gasteiger partial charge is 0.227 e. The molecule has 4 heterocycles. The van der Waals surface area contributed by atoms with Gasteiger partial charge in [-0.2, -0.15) is 0 Å². The molecule has 2 aliphatic heterocycles. The number of rotatable bonds is 5. The summed E-state index contributed by atoms with van der Waals surface area (Å²) in [6, 6.07) is 3.91. The number of ether oxygens (including phenoxy) is 1. The number of hydrogen-bond acceptors (Lipinski definition) is 5. The van der Waals surface area contributed by atoms with Crippen molar-refractivity contribution in [1.82, 2.24) is 14.5 Å². The maximum Gasteiger partial charge on any atom is 0.227 e. The van der Waals surface area contributed by atoms with Gasteiger partial charge in [-0.25, -0.2) is 9.97 Å². The summed E-state index contributed by atoms with van der Waals surface area (Å²) in [5.41, 5.74) is 0.880. The zero-order chi connectivity index (χ0) is 17.9. The van der Waals surface area contributed by atoms with Gasteiger partial charge in [0.25, 0.3) is 0 Å². The molecule has 0 spiro atoms. The monoisotopic (exact) mass is 355 g/mol. The topological polar surface area (TPSA) is 72.3 Å². The molecule has 4 rings (SSSR count). The van der Waals surface area contributed by atoms with E-state index in [0.29, 0.717) is 12.3 Å². The number of anilines is 2. The predicted molar refractivity (Wildman–Crippen MR) is 98.9 cm³/mol. The molecular formula is C19H25N5O2. The summed E-state index contributed by atoms with van der Waals surface area (Å²) in [5.74, 6) is 2.34. The van der Waals surface area contributed by atoms with Crippen LogP contribution in [-0.2, 0) is 16.6 Å². The molecular weight excluding hydrogens is 330 g/mol. The van der Waals surface area contributed by atoms with E-state index in [9.17, 15) is 4.79 Å². The minimum Gasteiger partial charge on any atom is -0.370 e. The Balaban J connectivity index is 1.39. The molecule has 2 aromatic rings. The molecule has 2 atom stereocenters. The summed E-state index contributed by atoms with van der Waals surface area (Å²) >= 11 is 0. The largest absolute Gasteiger partial charge is 0.370 e. The number of aromatic nitrogens is 3. The van der Waals surface area contributed by atoms with E-state index in [1.165, 1.54) is 0 Å². The third kappa shape index (κ3) is 3.44. The van der Waals surface area contributed by atoms with Gasteiger partial charge in [-0.1, -0.05) is 0 Å². The number of nitrogens with one attached hydrogen (secondary N) is 1. The van der Waals surface area contributed by atoms with E-state index in [1.54, 1.807) is 6.20 Å². The van der Waals surface area contributed by atoms with Crippen molar-refractivity contribution in [2.75, 3.05) is 29.9 Å². The molecule has 0 unspecified atom stereocenters. The summed E-state index contributed by atoms with van der Waals surface area (Å²) in [6.45, 7) is 2.36. The van der Waals surface area contributed by atoms with Crippen LogP contribution in [0.3, 0.4) is 0 Å². The first-order valence-corrected chi connectivity index (χ1v) is 9.31. The third-order valence-corrected chi connectivity index (χ3v) is 5.24. The molecule has 0 aliphatic carbocycles. The lowest BCUT2D eigenvalue weighted by Gasteiger charge is -2.31. The van der Waals surface area contributed by atoms with Gasteiger partial charge >= 0.3 is 0 Å². The minimum absolute atomic E-state index is 0.0118. The van der Waals surface area contributed by atoms with Crippen LogP contribution in [-0.4, -0.2) is 40.1 Å². The van der Waals surface area contributed by atoms with Gasteiger partial charge in [0.1, 0.15) is 17.7 Å². The molecule has 1 amide bonds. The molecule has 138 valence electrons. The van der Waals surface area contributed by atoms with Crippen molar-refractivity contribution in [2.45, 2.75) is 31.8 Å². The van der Waals surface area contributed by atoms with Crippen molar-refractivity contribution >= 4 is 17.4 Å². The second kappa shape index (κ2) is 7.45. The maximum atomic E-state index is 11.8. The van der Waals surface area contributed by atoms with Crippen LogP contribution in [0.25, 0.3) is 0 Å². The summed E-state index contributed by atoms with van der Waals surface area (Å²) in [7, 11) is 2.00. The Morgan fingerprint density at radius 2 is 2.23 bits per heavy atom. The Morgan fingerprint density at radius 1 is 1.31 bits per heavy atom. The molecule has 0 radical (unpaired) electrons. The molecule has 2 aliphatic rings. The molecule has 0 saturated carbocycles. The van der Waals surface area contributed by atoms with Gasteiger partial charge in [0.05, 0.1) is 11.9 Å². The zero-order valence-electron chi connectivity index (χ0n) is 15.1. The Bertz CT molecular complexity index is 758. The van der Waals surface area contributed by atoms with Crippen molar-refractivity contribution in [3.05, 3.63) is 36.5 Å². The van der Waals surface area contributed by atoms with Crippen LogP contribution in [0.4, 0.5) is 11.5 Å². The van der Waals surface area contributed by atoms with E-state index in [-0.39, 0.29) is 12.0 Å². The first kappa shape index (κ1) is 17.0. The Morgan fingerprint density at radius 3 is 2.92 bits per heavy atom. The molecule has 2 saturated heterocycles. The van der Waals surface area contributed by atoms with Gasteiger partial charge in [-0.15, -0.1) is 0 Å². The Labute approximate surface area is 153 Å². The standard InChI is InChI=1S/C19H25N5O2/c1-23-10-8-20-19(23)18-14(4-3-11-26-18)12-21-16-7-6-15(13-22-16)24-9-2-5-17(24)25/h6-8,10,13-14,18H,2-5,9,11-12H2,1H3,(H,21,22)/t14-,18+/m0/s1. The average molecular weight is 355 g/mol. The summed E-state index contributed by atoms with van der Waals surface area (Å²) in [6.07, 6.45) is 9.29. The maximum absolute atomic E-state index is 11.8. The fourth-order valence-corrected chi connectivity index (χ4v) is 3.80. The fourth-order valence-electron chi connectivity index (χ4n) is 3.80.